The molecule has 0 radical (unpaired) electrons. The molecule has 0 heterocycles. The highest BCUT2D eigenvalue weighted by Gasteiger charge is 2.35. The highest BCUT2D eigenvalue weighted by atomic mass is 19.4. The van der Waals surface area contributed by atoms with Crippen LogP contribution >= 0.6 is 0 Å². The molecule has 0 nitrogen and oxygen atoms in total. The van der Waals surface area contributed by atoms with Gasteiger partial charge in [-0.1, -0.05) is 0 Å². The second-order valence-corrected chi connectivity index (χ2v) is 1.73. The van der Waals surface area contributed by atoms with E-state index in [9.17, 15) is 26.3 Å². The lowest BCUT2D eigenvalue weighted by Gasteiger charge is -2.07. The predicted molar refractivity (Wildman–Crippen MR) is 21.3 cm³/mol. The van der Waals surface area contributed by atoms with Crippen LogP contribution in [-0.4, -0.2) is 12.4 Å². The fourth-order valence-electron chi connectivity index (χ4n) is 0.283. The van der Waals surface area contributed by atoms with Gasteiger partial charge in [-0.15, -0.1) is 0 Å². The molecule has 0 aliphatic rings. The van der Waals surface area contributed by atoms with Crippen molar-refractivity contribution in [3.05, 3.63) is 0 Å². The van der Waals surface area contributed by atoms with Crippen molar-refractivity contribution < 1.29 is 26.3 Å². The van der Waals surface area contributed by atoms with Gasteiger partial charge in [0.05, 0.1) is 12.8 Å². The summed E-state index contributed by atoms with van der Waals surface area (Å²) in [5.74, 6) is 0. The van der Waals surface area contributed by atoms with Crippen molar-refractivity contribution in [3.8, 4) is 0 Å². The van der Waals surface area contributed by atoms with Crippen LogP contribution in [0.5, 0.6) is 0 Å². The predicted octanol–water partition coefficient (Wildman–Crippen LogP) is 2.89. The Labute approximate surface area is 52.8 Å². The fourth-order valence-corrected chi connectivity index (χ4v) is 0.283. The summed E-state index contributed by atoms with van der Waals surface area (Å²) < 4.78 is 66.5. The van der Waals surface area contributed by atoms with Gasteiger partial charge < -0.3 is 0 Å². The number of rotatable bonds is 1. The standard InChI is InChI=1S/C4H4F6/c5-3(6,7)1-2-4(8,9)10/h1-2H2. The number of alkyl halides is 6. The minimum Gasteiger partial charge on any atom is -0.171 e. The van der Waals surface area contributed by atoms with Crippen molar-refractivity contribution in [1.29, 1.82) is 0 Å². The van der Waals surface area contributed by atoms with Crippen LogP contribution in [0.1, 0.15) is 12.8 Å². The molecule has 0 saturated carbocycles. The van der Waals surface area contributed by atoms with Gasteiger partial charge in [-0.05, 0) is 0 Å². The number of halogens is 6. The summed E-state index contributed by atoms with van der Waals surface area (Å²) in [6, 6.07) is 0. The van der Waals surface area contributed by atoms with Crippen LogP contribution in [-0.2, 0) is 0 Å². The second kappa shape index (κ2) is 2.67. The average Bonchev–Trinajstić information content (AvgIpc) is 1.57. The largest absolute Gasteiger partial charge is 0.389 e. The summed E-state index contributed by atoms with van der Waals surface area (Å²) in [6.45, 7) is 0. The Balaban J connectivity index is 3.56. The molecule has 10 heavy (non-hydrogen) atoms. The Kier molecular flexibility index (Phi) is 2.56. The van der Waals surface area contributed by atoms with Gasteiger partial charge in [0.15, 0.2) is 0 Å². The molecule has 0 bridgehead atoms. The van der Waals surface area contributed by atoms with Gasteiger partial charge in [-0.2, -0.15) is 26.3 Å². The van der Waals surface area contributed by atoms with Crippen molar-refractivity contribution in [3.63, 3.8) is 0 Å². The van der Waals surface area contributed by atoms with Crippen molar-refractivity contribution in [1.82, 2.24) is 0 Å². The number of hydrogen-bond donors (Lipinski definition) is 0. The Morgan fingerprint density at radius 3 is 0.900 bits per heavy atom. The van der Waals surface area contributed by atoms with Crippen molar-refractivity contribution in [2.75, 3.05) is 0 Å². The first-order valence-electron chi connectivity index (χ1n) is 2.34. The highest BCUT2D eigenvalue weighted by molar-refractivity contribution is 4.56. The lowest BCUT2D eigenvalue weighted by Crippen LogP contribution is -2.15. The minimum atomic E-state index is -4.71. The van der Waals surface area contributed by atoms with E-state index in [1.54, 1.807) is 0 Å². The van der Waals surface area contributed by atoms with Crippen LogP contribution in [0.4, 0.5) is 26.3 Å². The van der Waals surface area contributed by atoms with Crippen molar-refractivity contribution >= 4 is 0 Å². The SMILES string of the molecule is FC(F)(F)CCC(F)(F)F. The van der Waals surface area contributed by atoms with Crippen LogP contribution in [0.15, 0.2) is 0 Å². The van der Waals surface area contributed by atoms with E-state index in [0.717, 1.165) is 0 Å². The third-order valence-corrected chi connectivity index (χ3v) is 0.692. The average molecular weight is 166 g/mol. The Morgan fingerprint density at radius 1 is 0.600 bits per heavy atom. The first-order chi connectivity index (χ1) is 4.21. The molecule has 0 aliphatic carbocycles. The molecule has 0 N–H and O–H groups in total. The monoisotopic (exact) mass is 166 g/mol. The molecule has 6 heteroatoms. The summed E-state index contributed by atoms with van der Waals surface area (Å²) in [5.41, 5.74) is 0. The van der Waals surface area contributed by atoms with Crippen molar-refractivity contribution in [2.24, 2.45) is 0 Å². The van der Waals surface area contributed by atoms with Crippen LogP contribution in [0.3, 0.4) is 0 Å². The maximum atomic E-state index is 11.1. The third-order valence-electron chi connectivity index (χ3n) is 0.692. The summed E-state index contributed by atoms with van der Waals surface area (Å²) >= 11 is 0. The van der Waals surface area contributed by atoms with E-state index in [1.165, 1.54) is 0 Å². The van der Waals surface area contributed by atoms with Crippen LogP contribution in [0, 0.1) is 0 Å². The topological polar surface area (TPSA) is 0 Å². The summed E-state index contributed by atoms with van der Waals surface area (Å²) in [5, 5.41) is 0. The first-order valence-corrected chi connectivity index (χ1v) is 2.34. The molecule has 0 spiro atoms. The van der Waals surface area contributed by atoms with E-state index in [4.69, 9.17) is 0 Å². The molecule has 62 valence electrons. The maximum absolute atomic E-state index is 11.1. The van der Waals surface area contributed by atoms with Crippen LogP contribution < -0.4 is 0 Å². The van der Waals surface area contributed by atoms with Gasteiger partial charge in [0, 0.05) is 0 Å². The Bertz CT molecular complexity index is 83.3. The molecule has 0 atom stereocenters. The van der Waals surface area contributed by atoms with E-state index in [-0.39, 0.29) is 0 Å². The molecule has 0 aromatic heterocycles. The normalized spacial score (nSPS) is 13.8. The van der Waals surface area contributed by atoms with Gasteiger partial charge in [0.1, 0.15) is 0 Å². The molecule has 0 aromatic rings. The Hall–Kier alpha value is -0.420. The van der Waals surface area contributed by atoms with E-state index < -0.39 is 25.2 Å². The van der Waals surface area contributed by atoms with Crippen LogP contribution in [0.2, 0.25) is 0 Å². The van der Waals surface area contributed by atoms with Crippen molar-refractivity contribution in [2.45, 2.75) is 25.2 Å². The fraction of sp³-hybridized carbons (Fsp3) is 1.00. The summed E-state index contributed by atoms with van der Waals surface area (Å²) in [6.07, 6.45) is -13.0. The van der Waals surface area contributed by atoms with Gasteiger partial charge in [0.25, 0.3) is 0 Å². The summed E-state index contributed by atoms with van der Waals surface area (Å²) in [7, 11) is 0. The second-order valence-electron chi connectivity index (χ2n) is 1.73. The molecule has 0 unspecified atom stereocenters. The van der Waals surface area contributed by atoms with Crippen LogP contribution in [0.25, 0.3) is 0 Å². The van der Waals surface area contributed by atoms with E-state index in [2.05, 4.69) is 0 Å². The molecule has 0 fully saturated rings. The summed E-state index contributed by atoms with van der Waals surface area (Å²) in [4.78, 5) is 0. The molecule has 0 saturated heterocycles. The van der Waals surface area contributed by atoms with Gasteiger partial charge in [-0.25, -0.2) is 0 Å². The highest BCUT2D eigenvalue weighted by Crippen LogP contribution is 2.29. The number of hydrogen-bond acceptors (Lipinski definition) is 0. The van der Waals surface area contributed by atoms with E-state index in [1.807, 2.05) is 0 Å². The quantitative estimate of drug-likeness (QED) is 0.525. The van der Waals surface area contributed by atoms with Gasteiger partial charge in [-0.3, -0.25) is 0 Å². The molecule has 0 amide bonds. The molecule has 0 aliphatic heterocycles. The lowest BCUT2D eigenvalue weighted by atomic mass is 10.3. The van der Waals surface area contributed by atoms with Gasteiger partial charge in [0.2, 0.25) is 0 Å². The maximum Gasteiger partial charge on any atom is 0.389 e. The zero-order valence-electron chi connectivity index (χ0n) is 4.68. The smallest absolute Gasteiger partial charge is 0.171 e. The lowest BCUT2D eigenvalue weighted by molar-refractivity contribution is -0.183. The van der Waals surface area contributed by atoms with E-state index in [0.29, 0.717) is 0 Å². The molecule has 0 aromatic carbocycles. The first kappa shape index (κ1) is 9.58. The zero-order valence-corrected chi connectivity index (χ0v) is 4.68. The van der Waals surface area contributed by atoms with Gasteiger partial charge >= 0.3 is 12.4 Å². The minimum absolute atomic E-state index is 1.80. The third kappa shape index (κ3) is 7.58. The van der Waals surface area contributed by atoms with E-state index >= 15 is 0 Å². The molecular weight excluding hydrogens is 162 g/mol. The molecule has 0 rings (SSSR count). The molecular formula is C4H4F6. The Morgan fingerprint density at radius 2 is 0.800 bits per heavy atom. The zero-order chi connectivity index (χ0) is 8.41.